The Hall–Kier alpha value is -1.74. The molecule has 0 saturated heterocycles. The number of allylic oxidation sites excluding steroid dienone is 2. The van der Waals surface area contributed by atoms with E-state index in [2.05, 4.69) is 35.2 Å². The second kappa shape index (κ2) is 5.06. The summed E-state index contributed by atoms with van der Waals surface area (Å²) in [5, 5.41) is 0. The van der Waals surface area contributed by atoms with Crippen LogP contribution in [0.15, 0.2) is 70.2 Å². The Bertz CT molecular complexity index is 515. The van der Waals surface area contributed by atoms with Crippen LogP contribution in [-0.4, -0.2) is 13.3 Å². The highest BCUT2D eigenvalue weighted by molar-refractivity contribution is 8.03. The Morgan fingerprint density at radius 2 is 2.06 bits per heavy atom. The van der Waals surface area contributed by atoms with E-state index in [0.717, 1.165) is 10.7 Å². The first-order chi connectivity index (χ1) is 8.27. The predicted octanol–water partition coefficient (Wildman–Crippen LogP) is 3.84. The number of para-hydroxylation sites is 1. The number of fused-ring (bicyclic) bond motifs is 1. The number of benzene rings is 1. The summed E-state index contributed by atoms with van der Waals surface area (Å²) in [4.78, 5) is 8.76. The van der Waals surface area contributed by atoms with Crippen LogP contribution in [0.2, 0.25) is 0 Å². The molecule has 1 aromatic carbocycles. The van der Waals surface area contributed by atoms with Crippen molar-refractivity contribution in [3.05, 3.63) is 60.3 Å². The summed E-state index contributed by atoms with van der Waals surface area (Å²) in [5.74, 6) is 0.906. The molecule has 0 N–H and O–H groups in total. The Kier molecular flexibility index (Phi) is 3.49. The third kappa shape index (κ3) is 2.19. The van der Waals surface area contributed by atoms with Crippen LogP contribution in [0.4, 0.5) is 5.69 Å². The molecule has 0 amide bonds. The normalized spacial score (nSPS) is 15.0. The Balaban J connectivity index is 2.49. The first kappa shape index (κ1) is 11.7. The monoisotopic (exact) mass is 242 g/mol. The second-order valence-electron chi connectivity index (χ2n) is 3.53. The fraction of sp³-hybridized carbons (Fsp3) is 0.0714. The van der Waals surface area contributed by atoms with Gasteiger partial charge in [-0.25, -0.2) is 4.99 Å². The molecular weight excluding hydrogens is 228 g/mol. The van der Waals surface area contributed by atoms with E-state index in [1.807, 2.05) is 25.3 Å². The smallest absolute Gasteiger partial charge is 0.146 e. The van der Waals surface area contributed by atoms with Gasteiger partial charge in [0.15, 0.2) is 0 Å². The van der Waals surface area contributed by atoms with Crippen LogP contribution in [0, 0.1) is 0 Å². The highest BCUT2D eigenvalue weighted by Gasteiger charge is 2.20. The standard InChI is InChI=1S/C14H14N2S/c1-4-10-15-14-12(5-2)17-13-9-7-6-8-11(13)16(14)3/h4-10H,1-2H2,3H3/b15-10-. The third-order valence-electron chi connectivity index (χ3n) is 2.47. The minimum Gasteiger partial charge on any atom is -0.328 e. The molecule has 0 aromatic heterocycles. The molecule has 0 atom stereocenters. The van der Waals surface area contributed by atoms with Crippen molar-refractivity contribution in [1.82, 2.24) is 0 Å². The van der Waals surface area contributed by atoms with Gasteiger partial charge in [-0.1, -0.05) is 49.2 Å². The van der Waals surface area contributed by atoms with Crippen LogP contribution in [0.5, 0.6) is 0 Å². The summed E-state index contributed by atoms with van der Waals surface area (Å²) in [6, 6.07) is 8.27. The van der Waals surface area contributed by atoms with E-state index in [4.69, 9.17) is 0 Å². The number of hydrogen-bond donors (Lipinski definition) is 0. The van der Waals surface area contributed by atoms with Crippen molar-refractivity contribution >= 4 is 23.7 Å². The first-order valence-electron chi connectivity index (χ1n) is 5.30. The summed E-state index contributed by atoms with van der Waals surface area (Å²) in [7, 11) is 2.01. The first-order valence-corrected chi connectivity index (χ1v) is 6.12. The number of rotatable bonds is 3. The molecule has 2 rings (SSSR count). The summed E-state index contributed by atoms with van der Waals surface area (Å²) in [6.45, 7) is 7.49. The van der Waals surface area contributed by atoms with Crippen molar-refractivity contribution in [3.8, 4) is 0 Å². The van der Waals surface area contributed by atoms with Crippen molar-refractivity contribution in [1.29, 1.82) is 0 Å². The van der Waals surface area contributed by atoms with Gasteiger partial charge in [-0.2, -0.15) is 0 Å². The van der Waals surface area contributed by atoms with Crippen molar-refractivity contribution in [2.45, 2.75) is 4.90 Å². The topological polar surface area (TPSA) is 15.6 Å². The lowest BCUT2D eigenvalue weighted by Crippen LogP contribution is -2.19. The molecule has 1 aromatic rings. The minimum atomic E-state index is 0.906. The van der Waals surface area contributed by atoms with Gasteiger partial charge in [0.25, 0.3) is 0 Å². The maximum Gasteiger partial charge on any atom is 0.146 e. The van der Waals surface area contributed by atoms with Gasteiger partial charge in [-0.05, 0) is 12.1 Å². The zero-order valence-corrected chi connectivity index (χ0v) is 10.6. The molecule has 1 aliphatic rings. The molecule has 0 radical (unpaired) electrons. The van der Waals surface area contributed by atoms with E-state index >= 15 is 0 Å². The minimum absolute atomic E-state index is 0.906. The lowest BCUT2D eigenvalue weighted by atomic mass is 10.3. The number of nitrogens with zero attached hydrogens (tertiary/aromatic N) is 2. The molecule has 86 valence electrons. The van der Waals surface area contributed by atoms with Crippen LogP contribution >= 0.6 is 11.8 Å². The van der Waals surface area contributed by atoms with Gasteiger partial charge in [-0.3, -0.25) is 0 Å². The summed E-state index contributed by atoms with van der Waals surface area (Å²) in [6.07, 6.45) is 5.21. The molecule has 0 fully saturated rings. The molecule has 0 spiro atoms. The molecule has 1 heterocycles. The van der Waals surface area contributed by atoms with Crippen LogP contribution in [0.3, 0.4) is 0 Å². The Labute approximate surface area is 106 Å². The van der Waals surface area contributed by atoms with E-state index in [1.165, 1.54) is 10.6 Å². The largest absolute Gasteiger partial charge is 0.328 e. The molecule has 2 nitrogen and oxygen atoms in total. The van der Waals surface area contributed by atoms with E-state index < -0.39 is 0 Å². The van der Waals surface area contributed by atoms with Gasteiger partial charge >= 0.3 is 0 Å². The van der Waals surface area contributed by atoms with Crippen LogP contribution < -0.4 is 4.90 Å². The van der Waals surface area contributed by atoms with E-state index in [0.29, 0.717) is 0 Å². The van der Waals surface area contributed by atoms with E-state index in [9.17, 15) is 0 Å². The highest BCUT2D eigenvalue weighted by Crippen LogP contribution is 2.42. The average Bonchev–Trinajstić information content (AvgIpc) is 2.37. The Morgan fingerprint density at radius 1 is 1.29 bits per heavy atom. The maximum atomic E-state index is 4.40. The number of aliphatic imine (C=N–C) groups is 1. The highest BCUT2D eigenvalue weighted by atomic mass is 32.2. The van der Waals surface area contributed by atoms with Crippen molar-refractivity contribution in [2.75, 3.05) is 11.9 Å². The molecule has 0 bridgehead atoms. The fourth-order valence-corrected chi connectivity index (χ4v) is 2.73. The molecular formula is C14H14N2S. The number of anilines is 1. The molecule has 17 heavy (non-hydrogen) atoms. The second-order valence-corrected chi connectivity index (χ2v) is 4.62. The van der Waals surface area contributed by atoms with Gasteiger partial charge in [0.05, 0.1) is 10.6 Å². The molecule has 1 aliphatic heterocycles. The van der Waals surface area contributed by atoms with Gasteiger partial charge in [-0.15, -0.1) is 0 Å². The fourth-order valence-electron chi connectivity index (χ4n) is 1.67. The van der Waals surface area contributed by atoms with Gasteiger partial charge in [0.1, 0.15) is 5.82 Å². The third-order valence-corrected chi connectivity index (χ3v) is 3.61. The van der Waals surface area contributed by atoms with Crippen LogP contribution in [0.25, 0.3) is 0 Å². The van der Waals surface area contributed by atoms with Crippen molar-refractivity contribution in [3.63, 3.8) is 0 Å². The van der Waals surface area contributed by atoms with Gasteiger partial charge < -0.3 is 4.90 Å². The lowest BCUT2D eigenvalue weighted by molar-refractivity contribution is 1.03. The summed E-state index contributed by atoms with van der Waals surface area (Å²) >= 11 is 1.69. The number of thioether (sulfide) groups is 1. The SMILES string of the molecule is C=C/C=N\C1=C(C=C)Sc2ccccc2N1C. The maximum absolute atomic E-state index is 4.40. The predicted molar refractivity (Wildman–Crippen MR) is 76.6 cm³/mol. The molecule has 0 saturated carbocycles. The van der Waals surface area contributed by atoms with E-state index in [-0.39, 0.29) is 0 Å². The lowest BCUT2D eigenvalue weighted by Gasteiger charge is -2.28. The zero-order valence-electron chi connectivity index (χ0n) is 9.76. The summed E-state index contributed by atoms with van der Waals surface area (Å²) in [5.41, 5.74) is 1.17. The van der Waals surface area contributed by atoms with Crippen LogP contribution in [0.1, 0.15) is 0 Å². The Morgan fingerprint density at radius 3 is 2.76 bits per heavy atom. The molecule has 0 aliphatic carbocycles. The van der Waals surface area contributed by atoms with Crippen molar-refractivity contribution < 1.29 is 0 Å². The average molecular weight is 242 g/mol. The van der Waals surface area contributed by atoms with Crippen molar-refractivity contribution in [2.24, 2.45) is 4.99 Å². The van der Waals surface area contributed by atoms with E-state index in [1.54, 1.807) is 24.1 Å². The summed E-state index contributed by atoms with van der Waals surface area (Å²) < 4.78 is 0. The quantitative estimate of drug-likeness (QED) is 0.748. The zero-order chi connectivity index (χ0) is 12.3. The molecule has 3 heteroatoms. The molecule has 0 unspecified atom stereocenters. The number of hydrogen-bond acceptors (Lipinski definition) is 3. The van der Waals surface area contributed by atoms with Gasteiger partial charge in [0.2, 0.25) is 0 Å². The van der Waals surface area contributed by atoms with Crippen LogP contribution in [-0.2, 0) is 0 Å². The van der Waals surface area contributed by atoms with Gasteiger partial charge in [0, 0.05) is 18.2 Å².